The molecule has 0 aromatic rings. The molecule has 2 unspecified atom stereocenters. The van der Waals surface area contributed by atoms with Crippen LogP contribution >= 0.6 is 0 Å². The third-order valence-corrected chi connectivity index (χ3v) is 3.10. The molecule has 0 saturated heterocycles. The van der Waals surface area contributed by atoms with Gasteiger partial charge in [-0.25, -0.2) is 0 Å². The molecule has 1 aliphatic heterocycles. The van der Waals surface area contributed by atoms with Gasteiger partial charge in [0.2, 0.25) is 0 Å². The van der Waals surface area contributed by atoms with E-state index in [1.54, 1.807) is 6.92 Å². The lowest BCUT2D eigenvalue weighted by Gasteiger charge is -2.45. The summed E-state index contributed by atoms with van der Waals surface area (Å²) in [5.41, 5.74) is -0.415. The molecule has 0 bridgehead atoms. The van der Waals surface area contributed by atoms with Gasteiger partial charge in [0.25, 0.3) is 0 Å². The highest BCUT2D eigenvalue weighted by Gasteiger charge is 2.44. The molecule has 0 aromatic heterocycles. The molecule has 0 aromatic carbocycles. The molecule has 0 radical (unpaired) electrons. The van der Waals surface area contributed by atoms with Crippen LogP contribution in [0, 0.1) is 0 Å². The first-order chi connectivity index (χ1) is 6.42. The van der Waals surface area contributed by atoms with Gasteiger partial charge in [0.1, 0.15) is 11.7 Å². The summed E-state index contributed by atoms with van der Waals surface area (Å²) in [6, 6.07) is 0. The summed E-state index contributed by atoms with van der Waals surface area (Å²) >= 11 is 0. The molecule has 14 heavy (non-hydrogen) atoms. The van der Waals surface area contributed by atoms with Gasteiger partial charge in [0.05, 0.1) is 5.60 Å². The summed E-state index contributed by atoms with van der Waals surface area (Å²) in [5, 5.41) is 10.2. The molecule has 2 nitrogen and oxygen atoms in total. The number of aliphatic hydroxyl groups is 1. The number of hydrogen-bond donors (Lipinski definition) is 1. The first kappa shape index (κ1) is 9.69. The second-order valence-electron chi connectivity index (χ2n) is 4.58. The van der Waals surface area contributed by atoms with E-state index in [-0.39, 0.29) is 6.10 Å². The van der Waals surface area contributed by atoms with Crippen molar-refractivity contribution in [3.8, 4) is 0 Å². The van der Waals surface area contributed by atoms with Crippen molar-refractivity contribution in [2.24, 2.45) is 0 Å². The number of allylic oxidation sites excluding steroid dienone is 2. The molecular weight excluding hydrogens is 176 g/mol. The van der Waals surface area contributed by atoms with Crippen LogP contribution in [0.2, 0.25) is 0 Å². The van der Waals surface area contributed by atoms with E-state index >= 15 is 0 Å². The predicted octanol–water partition coefficient (Wildman–Crippen LogP) is 1.97. The van der Waals surface area contributed by atoms with Crippen LogP contribution in [0.5, 0.6) is 0 Å². The van der Waals surface area contributed by atoms with E-state index in [4.69, 9.17) is 4.74 Å². The second-order valence-corrected chi connectivity index (χ2v) is 4.58. The Hall–Kier alpha value is -0.860. The minimum Gasteiger partial charge on any atom is -0.383 e. The van der Waals surface area contributed by atoms with Crippen LogP contribution in [0.1, 0.15) is 20.8 Å². The van der Waals surface area contributed by atoms with Gasteiger partial charge in [-0.1, -0.05) is 24.3 Å². The standard InChI is InChI=1S/C12H16O2/c1-11(2)12(3,13)8-9-6-4-5-7-10(9)14-11/h4-8,10,13H,1-3H3. The van der Waals surface area contributed by atoms with Gasteiger partial charge in [-0.3, -0.25) is 0 Å². The van der Waals surface area contributed by atoms with Crippen molar-refractivity contribution in [3.63, 3.8) is 0 Å². The summed E-state index contributed by atoms with van der Waals surface area (Å²) in [7, 11) is 0. The average Bonchev–Trinajstić information content (AvgIpc) is 2.05. The molecule has 1 heterocycles. The van der Waals surface area contributed by atoms with Gasteiger partial charge in [0, 0.05) is 0 Å². The molecule has 0 fully saturated rings. The lowest BCUT2D eigenvalue weighted by atomic mass is 9.81. The maximum absolute atomic E-state index is 10.2. The lowest BCUT2D eigenvalue weighted by Crippen LogP contribution is -2.53. The Balaban J connectivity index is 2.42. The van der Waals surface area contributed by atoms with E-state index in [0.717, 1.165) is 5.57 Å². The Labute approximate surface area is 84.6 Å². The Kier molecular flexibility index (Phi) is 1.95. The minimum atomic E-state index is -0.908. The quantitative estimate of drug-likeness (QED) is 0.635. The third kappa shape index (κ3) is 1.35. The zero-order valence-electron chi connectivity index (χ0n) is 8.82. The van der Waals surface area contributed by atoms with Crippen LogP contribution < -0.4 is 0 Å². The molecule has 0 spiro atoms. The highest BCUT2D eigenvalue weighted by atomic mass is 16.5. The van der Waals surface area contributed by atoms with Crippen molar-refractivity contribution in [2.75, 3.05) is 0 Å². The molecule has 2 atom stereocenters. The van der Waals surface area contributed by atoms with Gasteiger partial charge in [-0.05, 0) is 32.4 Å². The zero-order chi connectivity index (χ0) is 10.4. The van der Waals surface area contributed by atoms with Crippen LogP contribution in [0.3, 0.4) is 0 Å². The van der Waals surface area contributed by atoms with Crippen molar-refractivity contribution >= 4 is 0 Å². The molecule has 2 aliphatic rings. The van der Waals surface area contributed by atoms with Crippen LogP contribution in [0.25, 0.3) is 0 Å². The van der Waals surface area contributed by atoms with Crippen LogP contribution in [0.15, 0.2) is 36.0 Å². The summed E-state index contributed by atoms with van der Waals surface area (Å²) in [6.07, 6.45) is 9.80. The molecule has 1 N–H and O–H groups in total. The topological polar surface area (TPSA) is 29.5 Å². The highest BCUT2D eigenvalue weighted by molar-refractivity contribution is 5.39. The second kappa shape index (κ2) is 2.81. The van der Waals surface area contributed by atoms with E-state index < -0.39 is 11.2 Å². The van der Waals surface area contributed by atoms with Crippen LogP contribution in [0.4, 0.5) is 0 Å². The van der Waals surface area contributed by atoms with Gasteiger partial charge in [0.15, 0.2) is 0 Å². The molecule has 76 valence electrons. The minimum absolute atomic E-state index is 0.00442. The summed E-state index contributed by atoms with van der Waals surface area (Å²) in [5.74, 6) is 0. The molecular formula is C12H16O2. The fraction of sp³-hybridized carbons (Fsp3) is 0.500. The molecule has 2 heteroatoms. The van der Waals surface area contributed by atoms with E-state index in [9.17, 15) is 5.11 Å². The van der Waals surface area contributed by atoms with Gasteiger partial charge >= 0.3 is 0 Å². The van der Waals surface area contributed by atoms with Crippen molar-refractivity contribution < 1.29 is 9.84 Å². The normalized spacial score (nSPS) is 39.1. The predicted molar refractivity (Wildman–Crippen MR) is 55.9 cm³/mol. The first-order valence-electron chi connectivity index (χ1n) is 4.90. The number of ether oxygens (including phenoxy) is 1. The first-order valence-corrected chi connectivity index (χ1v) is 4.90. The van der Waals surface area contributed by atoms with Crippen molar-refractivity contribution in [3.05, 3.63) is 36.0 Å². The Morgan fingerprint density at radius 2 is 2.00 bits per heavy atom. The molecule has 0 saturated carbocycles. The summed E-state index contributed by atoms with van der Waals surface area (Å²) < 4.78 is 5.84. The molecule has 0 amide bonds. The third-order valence-electron chi connectivity index (χ3n) is 3.10. The fourth-order valence-corrected chi connectivity index (χ4v) is 1.71. The maximum atomic E-state index is 10.2. The average molecular weight is 192 g/mol. The summed E-state index contributed by atoms with van der Waals surface area (Å²) in [4.78, 5) is 0. The summed E-state index contributed by atoms with van der Waals surface area (Å²) in [6.45, 7) is 5.60. The number of rotatable bonds is 0. The Bertz CT molecular complexity index is 332. The Morgan fingerprint density at radius 3 is 2.71 bits per heavy atom. The Morgan fingerprint density at radius 1 is 1.29 bits per heavy atom. The number of hydrogen-bond acceptors (Lipinski definition) is 2. The largest absolute Gasteiger partial charge is 0.383 e. The van der Waals surface area contributed by atoms with Gasteiger partial charge in [-0.2, -0.15) is 0 Å². The SMILES string of the molecule is CC1(O)C=C2C=CC=CC2OC1(C)C. The van der Waals surface area contributed by atoms with Gasteiger partial charge < -0.3 is 9.84 Å². The smallest absolute Gasteiger partial charge is 0.109 e. The van der Waals surface area contributed by atoms with Crippen molar-refractivity contribution in [1.82, 2.24) is 0 Å². The van der Waals surface area contributed by atoms with Crippen LogP contribution in [-0.2, 0) is 4.74 Å². The van der Waals surface area contributed by atoms with Crippen molar-refractivity contribution in [1.29, 1.82) is 0 Å². The zero-order valence-corrected chi connectivity index (χ0v) is 8.82. The monoisotopic (exact) mass is 192 g/mol. The molecule has 2 rings (SSSR count). The number of fused-ring (bicyclic) bond motifs is 1. The van der Waals surface area contributed by atoms with Crippen molar-refractivity contribution in [2.45, 2.75) is 38.1 Å². The van der Waals surface area contributed by atoms with Crippen LogP contribution in [-0.4, -0.2) is 22.4 Å². The fourth-order valence-electron chi connectivity index (χ4n) is 1.71. The van der Waals surface area contributed by atoms with E-state index in [1.165, 1.54) is 0 Å². The van der Waals surface area contributed by atoms with E-state index in [2.05, 4.69) is 0 Å². The van der Waals surface area contributed by atoms with Gasteiger partial charge in [-0.15, -0.1) is 0 Å². The molecule has 1 aliphatic carbocycles. The van der Waals surface area contributed by atoms with E-state index in [1.807, 2.05) is 44.2 Å². The highest BCUT2D eigenvalue weighted by Crippen LogP contribution is 2.37. The lowest BCUT2D eigenvalue weighted by molar-refractivity contribution is -0.153. The maximum Gasteiger partial charge on any atom is 0.109 e. The van der Waals surface area contributed by atoms with E-state index in [0.29, 0.717) is 0 Å².